The molecule has 0 aromatic heterocycles. The molecule has 1 aliphatic carbocycles. The molecule has 0 radical (unpaired) electrons. The molecule has 1 aliphatic rings. The minimum atomic E-state index is -0.0615. The van der Waals surface area contributed by atoms with Crippen LogP contribution in [0.15, 0.2) is 30.3 Å². The van der Waals surface area contributed by atoms with E-state index in [9.17, 15) is 0 Å². The first-order chi connectivity index (χ1) is 17.7. The zero-order valence-corrected chi connectivity index (χ0v) is 27.3. The van der Waals surface area contributed by atoms with Crippen LogP contribution in [-0.2, 0) is 27.3 Å². The minimum absolute atomic E-state index is 0.0479. The van der Waals surface area contributed by atoms with Gasteiger partial charge in [0.15, 0.2) is 6.79 Å². The van der Waals surface area contributed by atoms with E-state index in [0.29, 0.717) is 26.5 Å². The molecular weight excluding hydrogens is 485 g/mol. The first-order valence-corrected chi connectivity index (χ1v) is 15.7. The van der Waals surface area contributed by atoms with Crippen LogP contribution in [-0.4, -0.2) is 19.9 Å². The van der Waals surface area contributed by atoms with Crippen molar-refractivity contribution in [2.24, 2.45) is 11.8 Å². The Hall–Kier alpha value is -1.41. The van der Waals surface area contributed by atoms with Crippen LogP contribution in [0.5, 0.6) is 5.75 Å². The molecule has 212 valence electrons. The van der Waals surface area contributed by atoms with E-state index >= 15 is 0 Å². The van der Waals surface area contributed by atoms with E-state index in [-0.39, 0.29) is 22.8 Å². The predicted molar refractivity (Wildman–Crippen MR) is 167 cm³/mol. The zero-order valence-electron chi connectivity index (χ0n) is 26.3. The third kappa shape index (κ3) is 6.16. The summed E-state index contributed by atoms with van der Waals surface area (Å²) in [5.74, 6) is 2.38. The Morgan fingerprint density at radius 1 is 1.11 bits per heavy atom. The lowest BCUT2D eigenvalue weighted by molar-refractivity contribution is 0.0488. The van der Waals surface area contributed by atoms with Gasteiger partial charge in [-0.05, 0) is 52.6 Å². The average molecular weight is 540 g/mol. The first kappa shape index (κ1) is 31.1. The SMILES string of the molecule is CCC1[C@@H](C)C1(C)c1cc(C(C)(C)C)cc(C(C)(CC)Pc2c(C)cccc2CNC(C)C)c1OCOC. The summed E-state index contributed by atoms with van der Waals surface area (Å²) in [6.07, 6.45) is 2.23. The summed E-state index contributed by atoms with van der Waals surface area (Å²) in [5, 5.41) is 5.09. The molecule has 3 rings (SSSR count). The Bertz CT molecular complexity index is 1100. The highest BCUT2D eigenvalue weighted by Gasteiger charge is 2.59. The fourth-order valence-electron chi connectivity index (χ4n) is 6.19. The summed E-state index contributed by atoms with van der Waals surface area (Å²) >= 11 is 0. The molecule has 1 fully saturated rings. The van der Waals surface area contributed by atoms with Crippen molar-refractivity contribution in [1.29, 1.82) is 0 Å². The standard InChI is InChI=1S/C34H54NO2P/c1-13-27-24(6)34(27,11)29-19-26(32(7,8)9)18-28(30(29)37-21-36-12)33(10,14-2)38-31-23(5)16-15-17-25(31)20-35-22(3)4/h15-19,22,24,27,35,38H,13-14,20-21H2,1-12H3/t24-,27?,33?,34?/m1/s1. The molecule has 2 aromatic rings. The molecule has 0 bridgehead atoms. The minimum Gasteiger partial charge on any atom is -0.467 e. The highest BCUT2D eigenvalue weighted by atomic mass is 31.1. The molecule has 0 amide bonds. The second kappa shape index (κ2) is 12.0. The summed E-state index contributed by atoms with van der Waals surface area (Å²) in [4.78, 5) is 0. The van der Waals surface area contributed by atoms with E-state index in [4.69, 9.17) is 9.47 Å². The van der Waals surface area contributed by atoms with Crippen LogP contribution in [0.2, 0.25) is 0 Å². The number of nitrogens with one attached hydrogen (secondary N) is 1. The van der Waals surface area contributed by atoms with E-state index in [1.807, 2.05) is 0 Å². The first-order valence-electron chi connectivity index (χ1n) is 14.7. The Morgan fingerprint density at radius 3 is 2.32 bits per heavy atom. The van der Waals surface area contributed by atoms with Crippen molar-refractivity contribution in [3.63, 3.8) is 0 Å². The smallest absolute Gasteiger partial charge is 0.188 e. The topological polar surface area (TPSA) is 30.5 Å². The van der Waals surface area contributed by atoms with Crippen molar-refractivity contribution in [3.05, 3.63) is 58.1 Å². The van der Waals surface area contributed by atoms with E-state index in [2.05, 4.69) is 112 Å². The Labute approximate surface area is 235 Å². The van der Waals surface area contributed by atoms with Crippen LogP contribution in [0, 0.1) is 18.8 Å². The zero-order chi connectivity index (χ0) is 28.5. The van der Waals surface area contributed by atoms with Crippen molar-refractivity contribution in [3.8, 4) is 5.75 Å². The summed E-state index contributed by atoms with van der Waals surface area (Å²) in [5.41, 5.74) is 7.10. The van der Waals surface area contributed by atoms with Gasteiger partial charge in [-0.3, -0.25) is 0 Å². The van der Waals surface area contributed by atoms with Gasteiger partial charge in [-0.25, -0.2) is 0 Å². The van der Waals surface area contributed by atoms with Gasteiger partial charge >= 0.3 is 0 Å². The second-order valence-electron chi connectivity index (χ2n) is 13.2. The molecule has 1 N–H and O–H groups in total. The number of hydrogen-bond donors (Lipinski definition) is 1. The van der Waals surface area contributed by atoms with Crippen molar-refractivity contribution in [1.82, 2.24) is 5.32 Å². The average Bonchev–Trinajstić information content (AvgIpc) is 3.41. The van der Waals surface area contributed by atoms with Crippen molar-refractivity contribution in [2.45, 2.75) is 118 Å². The van der Waals surface area contributed by atoms with Gasteiger partial charge in [-0.15, -0.1) is 0 Å². The number of aryl methyl sites for hydroxylation is 1. The molecular formula is C34H54NO2P. The number of benzene rings is 2. The van der Waals surface area contributed by atoms with Gasteiger partial charge in [-0.1, -0.05) is 115 Å². The van der Waals surface area contributed by atoms with Gasteiger partial charge in [0, 0.05) is 41.4 Å². The van der Waals surface area contributed by atoms with E-state index in [1.54, 1.807) is 7.11 Å². The highest BCUT2D eigenvalue weighted by Crippen LogP contribution is 2.64. The number of rotatable bonds is 12. The quantitative estimate of drug-likeness (QED) is 0.217. The maximum Gasteiger partial charge on any atom is 0.188 e. The van der Waals surface area contributed by atoms with E-state index in [1.165, 1.54) is 39.5 Å². The van der Waals surface area contributed by atoms with Gasteiger partial charge in [0.25, 0.3) is 0 Å². The summed E-state index contributed by atoms with van der Waals surface area (Å²) in [6.45, 7) is 26.9. The molecule has 4 heteroatoms. The normalized spacial score (nSPS) is 23.3. The van der Waals surface area contributed by atoms with E-state index < -0.39 is 0 Å². The molecule has 4 unspecified atom stereocenters. The van der Waals surface area contributed by atoms with Gasteiger partial charge in [0.1, 0.15) is 5.75 Å². The van der Waals surface area contributed by atoms with Crippen LogP contribution in [0.4, 0.5) is 0 Å². The molecule has 2 aromatic carbocycles. The Balaban J connectivity index is 2.25. The molecule has 3 nitrogen and oxygen atoms in total. The Kier molecular flexibility index (Phi) is 9.82. The number of ether oxygens (including phenoxy) is 2. The van der Waals surface area contributed by atoms with Crippen LogP contribution in [0.1, 0.15) is 110 Å². The maximum atomic E-state index is 6.59. The van der Waals surface area contributed by atoms with Crippen LogP contribution in [0.3, 0.4) is 0 Å². The lowest BCUT2D eigenvalue weighted by Crippen LogP contribution is -2.28. The summed E-state index contributed by atoms with van der Waals surface area (Å²) < 4.78 is 12.1. The number of methoxy groups -OCH3 is 1. The largest absolute Gasteiger partial charge is 0.467 e. The maximum absolute atomic E-state index is 6.59. The molecule has 0 spiro atoms. The lowest BCUT2D eigenvalue weighted by Gasteiger charge is -2.36. The highest BCUT2D eigenvalue weighted by molar-refractivity contribution is 7.48. The van der Waals surface area contributed by atoms with Gasteiger partial charge in [-0.2, -0.15) is 0 Å². The monoisotopic (exact) mass is 539 g/mol. The van der Waals surface area contributed by atoms with Crippen molar-refractivity contribution < 1.29 is 9.47 Å². The molecule has 0 heterocycles. The van der Waals surface area contributed by atoms with Crippen molar-refractivity contribution >= 4 is 13.9 Å². The van der Waals surface area contributed by atoms with E-state index in [0.717, 1.165) is 18.7 Å². The third-order valence-corrected chi connectivity index (χ3v) is 11.4. The number of hydrogen-bond acceptors (Lipinski definition) is 3. The molecule has 0 saturated heterocycles. The van der Waals surface area contributed by atoms with Crippen molar-refractivity contribution in [2.75, 3.05) is 13.9 Å². The summed E-state index contributed by atoms with van der Waals surface area (Å²) in [7, 11) is 2.36. The molecule has 38 heavy (non-hydrogen) atoms. The Morgan fingerprint density at radius 2 is 1.79 bits per heavy atom. The van der Waals surface area contributed by atoms with Gasteiger partial charge < -0.3 is 14.8 Å². The molecule has 0 aliphatic heterocycles. The summed E-state index contributed by atoms with van der Waals surface area (Å²) in [6, 6.07) is 12.2. The second-order valence-corrected chi connectivity index (χ2v) is 15.1. The predicted octanol–water partition coefficient (Wildman–Crippen LogP) is 8.34. The fraction of sp³-hybridized carbons (Fsp3) is 0.647. The van der Waals surface area contributed by atoms with Crippen LogP contribution < -0.4 is 15.4 Å². The lowest BCUT2D eigenvalue weighted by atomic mass is 9.79. The molecule has 1 saturated carbocycles. The van der Waals surface area contributed by atoms with Crippen LogP contribution >= 0.6 is 8.58 Å². The third-order valence-electron chi connectivity index (χ3n) is 9.27. The molecule has 5 atom stereocenters. The van der Waals surface area contributed by atoms with Gasteiger partial charge in [0.05, 0.1) is 0 Å². The van der Waals surface area contributed by atoms with Gasteiger partial charge in [0.2, 0.25) is 0 Å². The van der Waals surface area contributed by atoms with Crippen LogP contribution in [0.25, 0.3) is 0 Å². The fourth-order valence-corrected chi connectivity index (χ4v) is 7.85.